The summed E-state index contributed by atoms with van der Waals surface area (Å²) in [5.74, 6) is -2.35. The first kappa shape index (κ1) is 22.6. The van der Waals surface area contributed by atoms with Gasteiger partial charge in [0.1, 0.15) is 11.4 Å². The Hall–Kier alpha value is -2.65. The minimum atomic E-state index is -4.36. The summed E-state index contributed by atoms with van der Waals surface area (Å²) < 4.78 is 53.7. The Kier molecular flexibility index (Phi) is 7.21. The molecule has 0 saturated carbocycles. The van der Waals surface area contributed by atoms with Crippen molar-refractivity contribution in [1.29, 1.82) is 0 Å². The summed E-state index contributed by atoms with van der Waals surface area (Å²) in [5.41, 5.74) is -3.46. The molecular weight excluding hydrogens is 438 g/mol. The topological polar surface area (TPSA) is 65.1 Å². The number of allylic oxidation sites excluding steroid dienone is 2. The van der Waals surface area contributed by atoms with E-state index in [-0.39, 0.29) is 22.0 Å². The fourth-order valence-electron chi connectivity index (χ4n) is 2.28. The zero-order valence-electron chi connectivity index (χ0n) is 15.0. The van der Waals surface area contributed by atoms with Gasteiger partial charge in [-0.1, -0.05) is 29.3 Å². The molecule has 1 atom stereocenters. The number of esters is 2. The second-order valence-corrected chi connectivity index (χ2v) is 6.19. The summed E-state index contributed by atoms with van der Waals surface area (Å²) in [5, 5.41) is -0.264. The number of nitrogens with zero attached hydrogens (tertiary/aromatic N) is 1. The van der Waals surface area contributed by atoms with Gasteiger partial charge in [-0.25, -0.2) is 14.0 Å². The van der Waals surface area contributed by atoms with Crippen molar-refractivity contribution < 1.29 is 37.0 Å². The van der Waals surface area contributed by atoms with Crippen molar-refractivity contribution in [2.75, 3.05) is 19.1 Å². The van der Waals surface area contributed by atoms with Gasteiger partial charge < -0.3 is 19.1 Å². The largest absolute Gasteiger partial charge is 0.465 e. The molecular formula is C18H14Cl2F3NO5. The number of anilines is 1. The third-order valence-corrected chi connectivity index (χ3v) is 4.15. The number of hydrogen-bond acceptors (Lipinski definition) is 6. The second kappa shape index (κ2) is 9.23. The van der Waals surface area contributed by atoms with Crippen LogP contribution in [0.3, 0.4) is 0 Å². The molecule has 0 amide bonds. The molecule has 156 valence electrons. The normalized spacial score (nSPS) is 15.1. The SMILES string of the molecule is COC(=O)C1=C(C(=O)OC)N(c2ccc(Cl)c(OC(F)(F)C(F)Cl)c2)C=CC=C1. The van der Waals surface area contributed by atoms with Crippen LogP contribution in [0.1, 0.15) is 0 Å². The molecule has 11 heteroatoms. The summed E-state index contributed by atoms with van der Waals surface area (Å²) >= 11 is 10.7. The Morgan fingerprint density at radius 2 is 1.79 bits per heavy atom. The van der Waals surface area contributed by atoms with Gasteiger partial charge in [0.05, 0.1) is 24.8 Å². The molecule has 0 bridgehead atoms. The third-order valence-electron chi connectivity index (χ3n) is 3.58. The molecule has 2 rings (SSSR count). The maximum atomic E-state index is 13.6. The number of benzene rings is 1. The van der Waals surface area contributed by atoms with Crippen LogP contribution in [0.5, 0.6) is 5.75 Å². The number of carbonyl (C=O) groups excluding carboxylic acids is 2. The molecule has 6 nitrogen and oxygen atoms in total. The molecule has 0 fully saturated rings. The van der Waals surface area contributed by atoms with Crippen LogP contribution in [-0.2, 0) is 19.1 Å². The highest BCUT2D eigenvalue weighted by Gasteiger charge is 2.42. The van der Waals surface area contributed by atoms with Gasteiger partial charge in [-0.2, -0.15) is 8.78 Å². The van der Waals surface area contributed by atoms with Crippen molar-refractivity contribution in [2.45, 2.75) is 11.7 Å². The number of ether oxygens (including phenoxy) is 3. The van der Waals surface area contributed by atoms with Crippen molar-refractivity contribution in [2.24, 2.45) is 0 Å². The number of halogens is 5. The summed E-state index contributed by atoms with van der Waals surface area (Å²) in [7, 11) is 2.22. The Bertz CT molecular complexity index is 899. The average Bonchev–Trinajstić information content (AvgIpc) is 2.91. The summed E-state index contributed by atoms with van der Waals surface area (Å²) in [6, 6.07) is 3.56. The summed E-state index contributed by atoms with van der Waals surface area (Å²) in [6.07, 6.45) is 1.25. The van der Waals surface area contributed by atoms with E-state index < -0.39 is 29.4 Å². The Labute approximate surface area is 173 Å². The molecule has 0 N–H and O–H groups in total. The summed E-state index contributed by atoms with van der Waals surface area (Å²) in [4.78, 5) is 25.7. The minimum absolute atomic E-state index is 0.0759. The molecule has 0 aromatic heterocycles. The van der Waals surface area contributed by atoms with E-state index in [2.05, 4.69) is 9.47 Å². The van der Waals surface area contributed by atoms with Crippen molar-refractivity contribution >= 4 is 40.8 Å². The number of alkyl halides is 4. The molecule has 0 spiro atoms. The van der Waals surface area contributed by atoms with Crippen LogP contribution < -0.4 is 9.64 Å². The fraction of sp³-hybridized carbons (Fsp3) is 0.222. The zero-order chi connectivity index (χ0) is 21.8. The lowest BCUT2D eigenvalue weighted by molar-refractivity contribution is -0.198. The highest BCUT2D eigenvalue weighted by Crippen LogP contribution is 2.37. The van der Waals surface area contributed by atoms with E-state index in [0.717, 1.165) is 20.3 Å². The monoisotopic (exact) mass is 451 g/mol. The van der Waals surface area contributed by atoms with Crippen LogP contribution in [0, 0.1) is 0 Å². The number of hydrogen-bond donors (Lipinski definition) is 0. The molecule has 1 aliphatic heterocycles. The van der Waals surface area contributed by atoms with E-state index in [0.29, 0.717) is 0 Å². The fourth-order valence-corrected chi connectivity index (χ4v) is 2.48. The van der Waals surface area contributed by atoms with E-state index in [1.807, 2.05) is 0 Å². The zero-order valence-corrected chi connectivity index (χ0v) is 16.5. The van der Waals surface area contributed by atoms with Crippen LogP contribution in [0.4, 0.5) is 18.9 Å². The van der Waals surface area contributed by atoms with E-state index >= 15 is 0 Å². The smallest absolute Gasteiger partial charge is 0.444 e. The van der Waals surface area contributed by atoms with Crippen LogP contribution in [0.15, 0.2) is 53.9 Å². The highest BCUT2D eigenvalue weighted by molar-refractivity contribution is 6.32. The maximum absolute atomic E-state index is 13.6. The van der Waals surface area contributed by atoms with Gasteiger partial charge in [-0.3, -0.25) is 0 Å². The molecule has 29 heavy (non-hydrogen) atoms. The Morgan fingerprint density at radius 3 is 2.38 bits per heavy atom. The van der Waals surface area contributed by atoms with Gasteiger partial charge in [-0.15, -0.1) is 0 Å². The molecule has 1 aromatic carbocycles. The van der Waals surface area contributed by atoms with Crippen molar-refractivity contribution in [3.63, 3.8) is 0 Å². The van der Waals surface area contributed by atoms with Gasteiger partial charge in [0.15, 0.2) is 0 Å². The summed E-state index contributed by atoms with van der Waals surface area (Å²) in [6.45, 7) is 0. The van der Waals surface area contributed by atoms with E-state index in [9.17, 15) is 22.8 Å². The van der Waals surface area contributed by atoms with Crippen LogP contribution in [0.25, 0.3) is 0 Å². The lowest BCUT2D eigenvalue weighted by atomic mass is 10.1. The van der Waals surface area contributed by atoms with Gasteiger partial charge in [0.25, 0.3) is 5.63 Å². The lowest BCUT2D eigenvalue weighted by Crippen LogP contribution is -2.33. The predicted molar refractivity (Wildman–Crippen MR) is 99.6 cm³/mol. The first-order chi connectivity index (χ1) is 13.6. The number of methoxy groups -OCH3 is 2. The molecule has 0 radical (unpaired) electrons. The van der Waals surface area contributed by atoms with Gasteiger partial charge in [0, 0.05) is 18.0 Å². The molecule has 0 saturated heterocycles. The standard InChI is InChI=1S/C18H14Cl2F3NO5/c1-27-15(25)11-5-3-4-8-24(14(11)16(26)28-2)10-6-7-12(19)13(9-10)29-18(22,23)17(20)21/h3-9,17H,1-2H3. The molecule has 1 heterocycles. The second-order valence-electron chi connectivity index (χ2n) is 5.40. The van der Waals surface area contributed by atoms with E-state index in [1.165, 1.54) is 41.5 Å². The average molecular weight is 452 g/mol. The van der Waals surface area contributed by atoms with Gasteiger partial charge in [0.2, 0.25) is 0 Å². The van der Waals surface area contributed by atoms with Crippen LogP contribution >= 0.6 is 23.2 Å². The van der Waals surface area contributed by atoms with E-state index in [4.69, 9.17) is 27.9 Å². The quantitative estimate of drug-likeness (QED) is 0.473. The molecule has 1 aromatic rings. The van der Waals surface area contributed by atoms with Crippen LogP contribution in [-0.4, -0.2) is 37.9 Å². The van der Waals surface area contributed by atoms with Crippen molar-refractivity contribution in [3.8, 4) is 5.75 Å². The van der Waals surface area contributed by atoms with E-state index in [1.54, 1.807) is 0 Å². The highest BCUT2D eigenvalue weighted by atomic mass is 35.5. The molecule has 1 aliphatic rings. The third kappa shape index (κ3) is 5.04. The predicted octanol–water partition coefficient (Wildman–Crippen LogP) is 4.34. The Morgan fingerprint density at radius 1 is 1.14 bits per heavy atom. The maximum Gasteiger partial charge on any atom is 0.444 e. The first-order valence-electron chi connectivity index (χ1n) is 7.82. The Balaban J connectivity index is 2.60. The first-order valence-corrected chi connectivity index (χ1v) is 8.63. The van der Waals surface area contributed by atoms with Gasteiger partial charge in [-0.05, 0) is 24.3 Å². The lowest BCUT2D eigenvalue weighted by Gasteiger charge is -2.24. The molecule has 1 unspecified atom stereocenters. The molecule has 0 aliphatic carbocycles. The van der Waals surface area contributed by atoms with Crippen molar-refractivity contribution in [3.05, 3.63) is 58.9 Å². The minimum Gasteiger partial charge on any atom is -0.465 e. The van der Waals surface area contributed by atoms with Gasteiger partial charge >= 0.3 is 18.0 Å². The number of carbonyl (C=O) groups is 2. The van der Waals surface area contributed by atoms with Crippen LogP contribution in [0.2, 0.25) is 5.02 Å². The number of rotatable bonds is 6. The van der Waals surface area contributed by atoms with Crippen molar-refractivity contribution in [1.82, 2.24) is 0 Å².